The summed E-state index contributed by atoms with van der Waals surface area (Å²) in [5.74, 6) is -6.74. The van der Waals surface area contributed by atoms with E-state index in [9.17, 15) is 70.2 Å². The average Bonchev–Trinajstić information content (AvgIpc) is 3.03. The van der Waals surface area contributed by atoms with Gasteiger partial charge in [-0.1, -0.05) is 0 Å². The van der Waals surface area contributed by atoms with Gasteiger partial charge in [-0.25, -0.2) is 19.2 Å². The predicted molar refractivity (Wildman–Crippen MR) is 143 cm³/mol. The highest BCUT2D eigenvalue weighted by atomic mass is 16.8. The first-order valence-electron chi connectivity index (χ1n) is 14.6. The Kier molecular flexibility index (Phi) is 12.8. The Labute approximate surface area is 274 Å². The number of carbonyl (C=O) groups is 4. The average molecular weight is 719 g/mol. The minimum absolute atomic E-state index is 0.441. The van der Waals surface area contributed by atoms with Crippen LogP contribution in [0.2, 0.25) is 0 Å². The van der Waals surface area contributed by atoms with E-state index in [4.69, 9.17) is 42.6 Å². The van der Waals surface area contributed by atoms with E-state index >= 15 is 0 Å². The van der Waals surface area contributed by atoms with Crippen molar-refractivity contribution in [2.45, 2.75) is 123 Å². The lowest BCUT2D eigenvalue weighted by Gasteiger charge is -2.46. The van der Waals surface area contributed by atoms with Gasteiger partial charge in [-0.15, -0.1) is 0 Å². The van der Waals surface area contributed by atoms with E-state index in [1.807, 2.05) is 0 Å². The molecule has 8 unspecified atom stereocenters. The summed E-state index contributed by atoms with van der Waals surface area (Å²) in [5.41, 5.74) is 0. The summed E-state index contributed by atoms with van der Waals surface area (Å²) < 4.78 is 46.9. The SMILES string of the molecule is CO[C@@H]1OC(C(=O)O)[C@@H](O[C@@H]2OC(C(=O)O)[C@@H](O[C@@H]3OC(C(=O)O)[C@@H](O[C@@H]4OC(C(=O)O)[C@@H](OC)[C@@H](O)C4O)CC3O)[C@@H](O)C2O)CC1O. The summed E-state index contributed by atoms with van der Waals surface area (Å²) in [4.78, 5) is 47.6. The summed E-state index contributed by atoms with van der Waals surface area (Å²) in [5, 5.41) is 102. The van der Waals surface area contributed by atoms with Gasteiger partial charge >= 0.3 is 23.9 Å². The van der Waals surface area contributed by atoms with E-state index in [0.29, 0.717) is 0 Å². The van der Waals surface area contributed by atoms with Crippen molar-refractivity contribution in [3.8, 4) is 0 Å². The number of ether oxygens (including phenoxy) is 9. The fourth-order valence-corrected chi connectivity index (χ4v) is 5.83. The Balaban J connectivity index is 1.46. The number of aliphatic carboxylic acids is 4. The molecule has 4 aliphatic rings. The number of carboxylic acids is 4. The molecular weight excluding hydrogens is 680 g/mol. The Morgan fingerprint density at radius 3 is 1.24 bits per heavy atom. The zero-order chi connectivity index (χ0) is 36.5. The number of hydrogen-bond acceptors (Lipinski definition) is 19. The molecule has 23 heteroatoms. The van der Waals surface area contributed by atoms with E-state index in [2.05, 4.69) is 0 Å². The Morgan fingerprint density at radius 1 is 0.469 bits per heavy atom. The van der Waals surface area contributed by atoms with Crippen molar-refractivity contribution in [3.05, 3.63) is 0 Å². The molecule has 49 heavy (non-hydrogen) atoms. The minimum atomic E-state index is -2.22. The molecule has 0 bridgehead atoms. The lowest BCUT2D eigenvalue weighted by atomic mass is 9.96. The third kappa shape index (κ3) is 8.27. The molecule has 0 aromatic heterocycles. The fraction of sp³-hybridized carbons (Fsp3) is 0.846. The second-order valence-electron chi connectivity index (χ2n) is 11.5. The third-order valence-corrected chi connectivity index (χ3v) is 8.29. The van der Waals surface area contributed by atoms with Crippen LogP contribution in [0, 0.1) is 0 Å². The normalized spacial score (nSPS) is 46.1. The van der Waals surface area contributed by atoms with Gasteiger partial charge < -0.3 is 93.7 Å². The lowest BCUT2D eigenvalue weighted by molar-refractivity contribution is -0.364. The molecule has 0 radical (unpaired) electrons. The van der Waals surface area contributed by atoms with Crippen molar-refractivity contribution in [1.82, 2.24) is 0 Å². The van der Waals surface area contributed by atoms with Gasteiger partial charge in [-0.2, -0.15) is 0 Å². The largest absolute Gasteiger partial charge is 0.479 e. The molecule has 0 saturated carbocycles. The maximum Gasteiger partial charge on any atom is 0.335 e. The number of rotatable bonds is 12. The Hall–Kier alpha value is -2.72. The lowest BCUT2D eigenvalue weighted by Crippen LogP contribution is -2.65. The zero-order valence-electron chi connectivity index (χ0n) is 25.6. The van der Waals surface area contributed by atoms with E-state index in [1.165, 1.54) is 0 Å². The van der Waals surface area contributed by atoms with Crippen LogP contribution in [0.5, 0.6) is 0 Å². The molecule has 4 aliphatic heterocycles. The van der Waals surface area contributed by atoms with Crippen molar-refractivity contribution in [2.75, 3.05) is 14.2 Å². The number of hydrogen-bond donors (Lipinski definition) is 10. The van der Waals surface area contributed by atoms with Crippen LogP contribution in [0.1, 0.15) is 12.8 Å². The molecular formula is C26H38O23. The van der Waals surface area contributed by atoms with Gasteiger partial charge in [0, 0.05) is 27.1 Å². The standard InChI is InChI=1S/C26H38O23/c1-41-15-9(29)11(31)25(48-17(15)21(37)38)44-8-4-6(28)24(46-14(8)20(35)36)47-16-10(30)12(32)26(49-18(16)22(39)40)43-7-3-5(27)23(42-2)45-13(7)19(33)34/h5-18,23-32H,3-4H2,1-2H3,(H,33,34)(H,35,36)(H,37,38)(H,39,40)/t5?,6?,7-,8-,9-,10-,11?,12?,13?,14?,15-,16-,17?,18?,23+,24-,25+,26+/m0/s1. The van der Waals surface area contributed by atoms with Crippen LogP contribution in [0.25, 0.3) is 0 Å². The van der Waals surface area contributed by atoms with Crippen LogP contribution in [0.4, 0.5) is 0 Å². The van der Waals surface area contributed by atoms with Crippen LogP contribution in [-0.4, -0.2) is 200 Å². The van der Waals surface area contributed by atoms with Gasteiger partial charge in [0.1, 0.15) is 61.0 Å². The monoisotopic (exact) mass is 718 g/mol. The molecule has 0 aliphatic carbocycles. The van der Waals surface area contributed by atoms with Gasteiger partial charge in [0.05, 0.1) is 0 Å². The summed E-state index contributed by atoms with van der Waals surface area (Å²) in [6, 6.07) is 0. The highest BCUT2D eigenvalue weighted by Gasteiger charge is 2.55. The molecule has 4 heterocycles. The second kappa shape index (κ2) is 16.1. The zero-order valence-corrected chi connectivity index (χ0v) is 25.6. The third-order valence-electron chi connectivity index (χ3n) is 8.29. The van der Waals surface area contributed by atoms with Gasteiger partial charge in [0.25, 0.3) is 0 Å². The summed E-state index contributed by atoms with van der Waals surface area (Å²) >= 11 is 0. The van der Waals surface area contributed by atoms with E-state index in [0.717, 1.165) is 14.2 Å². The molecule has 23 nitrogen and oxygen atoms in total. The smallest absolute Gasteiger partial charge is 0.335 e. The molecule has 0 amide bonds. The highest BCUT2D eigenvalue weighted by molar-refractivity contribution is 5.75. The number of methoxy groups -OCH3 is 2. The second-order valence-corrected chi connectivity index (χ2v) is 11.5. The van der Waals surface area contributed by atoms with Gasteiger partial charge in [-0.3, -0.25) is 0 Å². The number of aliphatic hydroxyl groups excluding tert-OH is 6. The maximum absolute atomic E-state index is 12.2. The van der Waals surface area contributed by atoms with Crippen molar-refractivity contribution >= 4 is 23.9 Å². The van der Waals surface area contributed by atoms with E-state index in [1.54, 1.807) is 0 Å². The first-order valence-corrected chi connectivity index (χ1v) is 14.6. The minimum Gasteiger partial charge on any atom is -0.479 e. The van der Waals surface area contributed by atoms with Crippen LogP contribution < -0.4 is 0 Å². The van der Waals surface area contributed by atoms with E-state index in [-0.39, 0.29) is 0 Å². The molecule has 0 aromatic rings. The molecule has 18 atom stereocenters. The van der Waals surface area contributed by atoms with Gasteiger partial charge in [0.15, 0.2) is 49.6 Å². The Bertz CT molecular complexity index is 1190. The molecule has 0 spiro atoms. The molecule has 4 saturated heterocycles. The van der Waals surface area contributed by atoms with Crippen molar-refractivity contribution < 1.29 is 113 Å². The molecule has 0 aromatic carbocycles. The quantitative estimate of drug-likeness (QED) is 0.0897. The Morgan fingerprint density at radius 2 is 0.837 bits per heavy atom. The maximum atomic E-state index is 12.2. The summed E-state index contributed by atoms with van der Waals surface area (Å²) in [6.07, 6.45) is -34.8. The van der Waals surface area contributed by atoms with Gasteiger partial charge in [-0.05, 0) is 0 Å². The number of aliphatic hydroxyl groups is 6. The van der Waals surface area contributed by atoms with E-state index < -0.39 is 147 Å². The van der Waals surface area contributed by atoms with Crippen LogP contribution in [-0.2, 0) is 61.8 Å². The topological polar surface area (TPSA) is 354 Å². The fourth-order valence-electron chi connectivity index (χ4n) is 5.83. The van der Waals surface area contributed by atoms with Crippen molar-refractivity contribution in [2.24, 2.45) is 0 Å². The van der Waals surface area contributed by atoms with Crippen molar-refractivity contribution in [3.63, 3.8) is 0 Å². The first-order chi connectivity index (χ1) is 23.0. The van der Waals surface area contributed by atoms with Crippen LogP contribution in [0.15, 0.2) is 0 Å². The first kappa shape index (κ1) is 39.1. The predicted octanol–water partition coefficient (Wildman–Crippen LogP) is -6.01. The number of carboxylic acid groups (broad SMARTS) is 4. The van der Waals surface area contributed by atoms with Gasteiger partial charge in [0.2, 0.25) is 0 Å². The summed E-state index contributed by atoms with van der Waals surface area (Å²) in [6.45, 7) is 0. The van der Waals surface area contributed by atoms with Crippen molar-refractivity contribution in [1.29, 1.82) is 0 Å². The van der Waals surface area contributed by atoms with Crippen LogP contribution >= 0.6 is 0 Å². The molecule has 280 valence electrons. The summed E-state index contributed by atoms with van der Waals surface area (Å²) in [7, 11) is 2.19. The van der Waals surface area contributed by atoms with Crippen LogP contribution in [0.3, 0.4) is 0 Å². The highest BCUT2D eigenvalue weighted by Crippen LogP contribution is 2.34. The molecule has 4 rings (SSSR count). The molecule has 10 N–H and O–H groups in total. The molecule has 4 fully saturated rings.